The summed E-state index contributed by atoms with van der Waals surface area (Å²) in [5.41, 5.74) is 1.09. The maximum Gasteiger partial charge on any atom is 0.573 e. The van der Waals surface area contributed by atoms with Crippen LogP contribution in [0.5, 0.6) is 11.5 Å². The molecule has 4 nitrogen and oxygen atoms in total. The van der Waals surface area contributed by atoms with Crippen LogP contribution in [0.25, 0.3) is 0 Å². The van der Waals surface area contributed by atoms with Gasteiger partial charge in [0.2, 0.25) is 0 Å². The average molecular weight is 391 g/mol. The summed E-state index contributed by atoms with van der Waals surface area (Å²) in [6, 6.07) is 9.79. The van der Waals surface area contributed by atoms with Crippen molar-refractivity contribution in [2.75, 3.05) is 13.3 Å². The van der Waals surface area contributed by atoms with Gasteiger partial charge in [-0.05, 0) is 48.0 Å². The SMILES string of the molecule is N=C(NCc1cc(Cl)cc(OCCF)c1)c1ccc(OC(F)(F)F)cc1. The first-order valence-electron chi connectivity index (χ1n) is 7.43. The zero-order valence-electron chi connectivity index (χ0n) is 13.4. The van der Waals surface area contributed by atoms with E-state index in [0.29, 0.717) is 21.9 Å². The third-order valence-electron chi connectivity index (χ3n) is 3.12. The number of rotatable bonds is 7. The summed E-state index contributed by atoms with van der Waals surface area (Å²) in [6.45, 7) is -0.486. The minimum absolute atomic E-state index is 0.00904. The molecule has 26 heavy (non-hydrogen) atoms. The molecule has 0 aliphatic heterocycles. The highest BCUT2D eigenvalue weighted by Crippen LogP contribution is 2.23. The van der Waals surface area contributed by atoms with E-state index in [9.17, 15) is 17.6 Å². The van der Waals surface area contributed by atoms with Crippen LogP contribution in [0.1, 0.15) is 11.1 Å². The van der Waals surface area contributed by atoms with E-state index in [1.807, 2.05) is 0 Å². The summed E-state index contributed by atoms with van der Waals surface area (Å²) in [6.07, 6.45) is -4.76. The lowest BCUT2D eigenvalue weighted by Gasteiger charge is -2.12. The quantitative estimate of drug-likeness (QED) is 0.409. The number of hydrogen-bond acceptors (Lipinski definition) is 3. The zero-order valence-corrected chi connectivity index (χ0v) is 14.1. The van der Waals surface area contributed by atoms with Crippen LogP contribution in [0, 0.1) is 5.41 Å². The molecular weight excluding hydrogens is 376 g/mol. The lowest BCUT2D eigenvalue weighted by atomic mass is 10.1. The standard InChI is InChI=1S/C17H15ClF4N2O2/c18-13-7-11(8-15(9-13)25-6-5-19)10-24-16(23)12-1-3-14(4-2-12)26-17(20,21)22/h1-4,7-9H,5-6,10H2,(H2,23,24). The molecule has 2 N–H and O–H groups in total. The zero-order chi connectivity index (χ0) is 19.2. The van der Waals surface area contributed by atoms with E-state index in [4.69, 9.17) is 21.7 Å². The van der Waals surface area contributed by atoms with Gasteiger partial charge in [0, 0.05) is 17.1 Å². The van der Waals surface area contributed by atoms with Crippen molar-refractivity contribution < 1.29 is 27.0 Å². The molecule has 0 aliphatic rings. The van der Waals surface area contributed by atoms with Crippen molar-refractivity contribution in [2.24, 2.45) is 0 Å². The Labute approximate surface area is 152 Å². The molecule has 0 heterocycles. The van der Waals surface area contributed by atoms with E-state index >= 15 is 0 Å². The van der Waals surface area contributed by atoms with Crippen LogP contribution in [0.4, 0.5) is 17.6 Å². The Bertz CT molecular complexity index is 751. The Kier molecular flexibility index (Phi) is 6.68. The second-order valence-corrected chi connectivity index (χ2v) is 5.57. The number of ether oxygens (including phenoxy) is 2. The highest BCUT2D eigenvalue weighted by atomic mass is 35.5. The number of amidine groups is 1. The number of benzene rings is 2. The predicted molar refractivity (Wildman–Crippen MR) is 89.7 cm³/mol. The molecule has 0 spiro atoms. The van der Waals surface area contributed by atoms with Gasteiger partial charge in [0.1, 0.15) is 30.6 Å². The molecule has 0 fully saturated rings. The van der Waals surface area contributed by atoms with E-state index in [0.717, 1.165) is 12.1 Å². The summed E-state index contributed by atoms with van der Waals surface area (Å²) in [5, 5.41) is 11.2. The van der Waals surface area contributed by atoms with Crippen LogP contribution in [-0.4, -0.2) is 25.5 Å². The number of alkyl halides is 4. The fourth-order valence-electron chi connectivity index (χ4n) is 2.08. The molecule has 0 unspecified atom stereocenters. The molecule has 140 valence electrons. The number of halogens is 5. The van der Waals surface area contributed by atoms with Gasteiger partial charge in [-0.1, -0.05) is 11.6 Å². The maximum absolute atomic E-state index is 12.2. The molecule has 0 atom stereocenters. The monoisotopic (exact) mass is 390 g/mol. The third-order valence-corrected chi connectivity index (χ3v) is 3.34. The van der Waals surface area contributed by atoms with Crippen molar-refractivity contribution in [2.45, 2.75) is 12.9 Å². The lowest BCUT2D eigenvalue weighted by molar-refractivity contribution is -0.274. The van der Waals surface area contributed by atoms with Crippen molar-refractivity contribution in [3.63, 3.8) is 0 Å². The van der Waals surface area contributed by atoms with Crippen LogP contribution in [0.3, 0.4) is 0 Å². The van der Waals surface area contributed by atoms with Crippen molar-refractivity contribution in [1.29, 1.82) is 5.41 Å². The minimum atomic E-state index is -4.76. The molecule has 0 aromatic heterocycles. The van der Waals surface area contributed by atoms with Gasteiger partial charge < -0.3 is 14.8 Å². The van der Waals surface area contributed by atoms with Crippen molar-refractivity contribution in [3.8, 4) is 11.5 Å². The van der Waals surface area contributed by atoms with Gasteiger partial charge in [-0.15, -0.1) is 13.2 Å². The van der Waals surface area contributed by atoms with Crippen LogP contribution in [-0.2, 0) is 6.54 Å². The Balaban J connectivity index is 1.97. The molecule has 2 rings (SSSR count). The Hall–Kier alpha value is -2.48. The first-order chi connectivity index (χ1) is 12.3. The fourth-order valence-corrected chi connectivity index (χ4v) is 2.33. The molecule has 0 saturated heterocycles. The van der Waals surface area contributed by atoms with Gasteiger partial charge in [0.25, 0.3) is 0 Å². The molecule has 0 aliphatic carbocycles. The van der Waals surface area contributed by atoms with E-state index in [-0.39, 0.29) is 24.7 Å². The van der Waals surface area contributed by atoms with Gasteiger partial charge in [0.05, 0.1) is 0 Å². The molecule has 0 radical (unpaired) electrons. The molecule has 0 amide bonds. The van der Waals surface area contributed by atoms with E-state index in [1.54, 1.807) is 18.2 Å². The molecule has 2 aromatic carbocycles. The molecule has 0 bridgehead atoms. The molecular formula is C17H15ClF4N2O2. The van der Waals surface area contributed by atoms with Gasteiger partial charge in [-0.3, -0.25) is 5.41 Å². The smallest absolute Gasteiger partial charge is 0.491 e. The van der Waals surface area contributed by atoms with Gasteiger partial charge >= 0.3 is 6.36 Å². The fraction of sp³-hybridized carbons (Fsp3) is 0.235. The van der Waals surface area contributed by atoms with E-state index < -0.39 is 13.0 Å². The van der Waals surface area contributed by atoms with Crippen LogP contribution in [0.2, 0.25) is 5.02 Å². The van der Waals surface area contributed by atoms with Crippen molar-refractivity contribution >= 4 is 17.4 Å². The van der Waals surface area contributed by atoms with Crippen molar-refractivity contribution in [3.05, 3.63) is 58.6 Å². The highest BCUT2D eigenvalue weighted by Gasteiger charge is 2.30. The highest BCUT2D eigenvalue weighted by molar-refractivity contribution is 6.30. The van der Waals surface area contributed by atoms with Crippen LogP contribution < -0.4 is 14.8 Å². The van der Waals surface area contributed by atoms with Crippen molar-refractivity contribution in [1.82, 2.24) is 5.32 Å². The van der Waals surface area contributed by atoms with Crippen LogP contribution in [0.15, 0.2) is 42.5 Å². The first-order valence-corrected chi connectivity index (χ1v) is 7.81. The van der Waals surface area contributed by atoms with E-state index in [1.165, 1.54) is 12.1 Å². The normalized spacial score (nSPS) is 11.1. The second kappa shape index (κ2) is 8.75. The molecule has 0 saturated carbocycles. The largest absolute Gasteiger partial charge is 0.573 e. The number of hydrogen-bond donors (Lipinski definition) is 2. The first kappa shape index (κ1) is 19.8. The topological polar surface area (TPSA) is 54.3 Å². The maximum atomic E-state index is 12.2. The van der Waals surface area contributed by atoms with Crippen LogP contribution >= 0.6 is 11.6 Å². The summed E-state index contributed by atoms with van der Waals surface area (Å²) in [7, 11) is 0. The summed E-state index contributed by atoms with van der Waals surface area (Å²) < 4.78 is 57.5. The Morgan fingerprint density at radius 3 is 2.38 bits per heavy atom. The summed E-state index contributed by atoms with van der Waals surface area (Å²) >= 11 is 5.97. The van der Waals surface area contributed by atoms with Gasteiger partial charge in [-0.25, -0.2) is 4.39 Å². The van der Waals surface area contributed by atoms with E-state index in [2.05, 4.69) is 10.1 Å². The Morgan fingerprint density at radius 2 is 1.77 bits per heavy atom. The third kappa shape index (κ3) is 6.44. The molecule has 9 heteroatoms. The predicted octanol–water partition coefficient (Wildman–Crippen LogP) is 4.70. The second-order valence-electron chi connectivity index (χ2n) is 5.13. The summed E-state index contributed by atoms with van der Waals surface area (Å²) in [4.78, 5) is 0. The van der Waals surface area contributed by atoms with Gasteiger partial charge in [0.15, 0.2) is 0 Å². The minimum Gasteiger partial charge on any atom is -0.491 e. The molecule has 2 aromatic rings. The van der Waals surface area contributed by atoms with Gasteiger partial charge in [-0.2, -0.15) is 0 Å². The Morgan fingerprint density at radius 1 is 1.08 bits per heavy atom. The summed E-state index contributed by atoms with van der Waals surface area (Å²) in [5.74, 6) is 0.0560. The lowest BCUT2D eigenvalue weighted by Crippen LogP contribution is -2.23. The number of nitrogens with one attached hydrogen (secondary N) is 2. The average Bonchev–Trinajstić information content (AvgIpc) is 2.56.